The van der Waals surface area contributed by atoms with E-state index in [1.165, 1.54) is 41.5 Å². The molecule has 2 aromatic carbocycles. The van der Waals surface area contributed by atoms with Crippen molar-refractivity contribution in [3.8, 4) is 11.6 Å². The quantitative estimate of drug-likeness (QED) is 0.109. The minimum absolute atomic E-state index is 0.0104. The van der Waals surface area contributed by atoms with Crippen LogP contribution >= 0.6 is 0 Å². The summed E-state index contributed by atoms with van der Waals surface area (Å²) in [5.41, 5.74) is -1.37. The van der Waals surface area contributed by atoms with Crippen LogP contribution in [-0.2, 0) is 24.2 Å². The SMILES string of the molecule is CC1(S(=O)(=O)CC(=O)[C@]23CC(=O)[C@@H]4C[C@@H](Oc5nc6cc(OC(F)(F)F)ccc6c6cc(F)ccc56)CN4C(=O)[C@@H](NC(=O)c4ccon4)CCCCC/C=C\[C@@H]2C3)CC1. The number of hydrogen-bond acceptors (Lipinski definition) is 11. The molecule has 3 fully saturated rings. The molecule has 1 N–H and O–H groups in total. The number of Topliss-reactive ketones (excluding diaryl/α,β-unsaturated/α-hetero) is 2. The first-order valence-corrected chi connectivity index (χ1v) is 21.5. The molecule has 60 heavy (non-hydrogen) atoms. The van der Waals surface area contributed by atoms with Crippen LogP contribution in [0.25, 0.3) is 21.7 Å². The van der Waals surface area contributed by atoms with E-state index in [1.807, 2.05) is 12.2 Å². The molecule has 2 aliphatic carbocycles. The number of ketones is 2. The zero-order valence-electron chi connectivity index (χ0n) is 32.5. The van der Waals surface area contributed by atoms with E-state index in [1.54, 1.807) is 6.92 Å². The van der Waals surface area contributed by atoms with E-state index in [0.29, 0.717) is 42.9 Å². The van der Waals surface area contributed by atoms with Crippen LogP contribution in [0.4, 0.5) is 17.6 Å². The summed E-state index contributed by atoms with van der Waals surface area (Å²) in [4.78, 5) is 62.3. The maximum Gasteiger partial charge on any atom is 0.573 e. The minimum Gasteiger partial charge on any atom is -0.472 e. The van der Waals surface area contributed by atoms with Gasteiger partial charge in [-0.2, -0.15) is 0 Å². The van der Waals surface area contributed by atoms with Crippen LogP contribution in [-0.4, -0.2) is 88.4 Å². The first-order valence-electron chi connectivity index (χ1n) is 19.9. The van der Waals surface area contributed by atoms with E-state index in [0.717, 1.165) is 18.6 Å². The molecule has 4 aliphatic rings. The Hall–Kier alpha value is -5.39. The zero-order chi connectivity index (χ0) is 42.6. The summed E-state index contributed by atoms with van der Waals surface area (Å²) in [5.74, 6) is -4.72. The number of sulfone groups is 1. The lowest BCUT2D eigenvalue weighted by molar-refractivity contribution is -0.274. The van der Waals surface area contributed by atoms with E-state index in [4.69, 9.17) is 9.26 Å². The summed E-state index contributed by atoms with van der Waals surface area (Å²) in [5, 5.41) is 7.29. The van der Waals surface area contributed by atoms with Gasteiger partial charge in [0.2, 0.25) is 11.8 Å². The summed E-state index contributed by atoms with van der Waals surface area (Å²) in [7, 11) is -3.80. The van der Waals surface area contributed by atoms with Crippen LogP contribution in [0.1, 0.15) is 81.6 Å². The van der Waals surface area contributed by atoms with Crippen LogP contribution in [0.2, 0.25) is 0 Å². The number of fused-ring (bicyclic) bond motifs is 5. The van der Waals surface area contributed by atoms with Gasteiger partial charge in [0.05, 0.1) is 22.9 Å². The Labute approximate surface area is 341 Å². The van der Waals surface area contributed by atoms with E-state index >= 15 is 0 Å². The number of allylic oxidation sites excluding steroid dienone is 2. The number of aromatic nitrogens is 2. The maximum absolute atomic E-state index is 14.6. The molecule has 0 bridgehead atoms. The van der Waals surface area contributed by atoms with Crippen molar-refractivity contribution in [1.29, 1.82) is 0 Å². The molecule has 0 radical (unpaired) electrons. The van der Waals surface area contributed by atoms with Crippen LogP contribution in [0.3, 0.4) is 0 Å². The van der Waals surface area contributed by atoms with Crippen LogP contribution in [0.5, 0.6) is 11.6 Å². The largest absolute Gasteiger partial charge is 0.573 e. The smallest absolute Gasteiger partial charge is 0.472 e. The summed E-state index contributed by atoms with van der Waals surface area (Å²) >= 11 is 0. The Balaban J connectivity index is 1.14. The Kier molecular flexibility index (Phi) is 10.7. The molecule has 2 aliphatic heterocycles. The second kappa shape index (κ2) is 15.6. The summed E-state index contributed by atoms with van der Waals surface area (Å²) in [6.07, 6.45) is 2.59. The van der Waals surface area contributed by atoms with Gasteiger partial charge >= 0.3 is 6.36 Å². The van der Waals surface area contributed by atoms with E-state index < -0.39 is 85.2 Å². The van der Waals surface area contributed by atoms with Crippen LogP contribution in [0, 0.1) is 17.2 Å². The van der Waals surface area contributed by atoms with Crippen LogP contribution < -0.4 is 14.8 Å². The number of nitrogens with zero attached hydrogens (tertiary/aromatic N) is 3. The predicted octanol–water partition coefficient (Wildman–Crippen LogP) is 6.58. The van der Waals surface area contributed by atoms with Crippen molar-refractivity contribution in [3.63, 3.8) is 0 Å². The van der Waals surface area contributed by atoms with Crippen molar-refractivity contribution in [2.75, 3.05) is 12.3 Å². The number of carbonyl (C=O) groups is 4. The van der Waals surface area contributed by atoms with Crippen LogP contribution in [0.15, 0.2) is 65.4 Å². The molecule has 0 spiro atoms. The molecule has 13 nitrogen and oxygen atoms in total. The highest BCUT2D eigenvalue weighted by Crippen LogP contribution is 2.58. The number of halogens is 4. The number of hydrogen-bond donors (Lipinski definition) is 1. The van der Waals surface area contributed by atoms with Crippen molar-refractivity contribution >= 4 is 54.9 Å². The molecule has 8 rings (SSSR count). The lowest BCUT2D eigenvalue weighted by Crippen LogP contribution is -2.52. The van der Waals surface area contributed by atoms with Gasteiger partial charge < -0.3 is 24.2 Å². The molecule has 318 valence electrons. The van der Waals surface area contributed by atoms with Gasteiger partial charge in [-0.1, -0.05) is 30.2 Å². The normalized spacial score (nSPS) is 26.4. The second-order valence-electron chi connectivity index (χ2n) is 16.5. The van der Waals surface area contributed by atoms with Gasteiger partial charge in [0, 0.05) is 41.2 Å². The van der Waals surface area contributed by atoms with E-state index in [9.17, 15) is 45.2 Å². The maximum atomic E-state index is 14.6. The van der Waals surface area contributed by atoms with Gasteiger partial charge in [-0.3, -0.25) is 19.2 Å². The number of carbonyl (C=O) groups excluding carboxylic acids is 4. The Morgan fingerprint density at radius 2 is 1.82 bits per heavy atom. The average Bonchev–Trinajstić information content (AvgIpc) is 3.93. The van der Waals surface area contributed by atoms with Gasteiger partial charge in [-0.05, 0) is 87.1 Å². The first kappa shape index (κ1) is 41.3. The van der Waals surface area contributed by atoms with E-state index in [2.05, 4.69) is 20.2 Å². The fraction of sp³-hybridized carbons (Fsp3) is 0.476. The van der Waals surface area contributed by atoms with Gasteiger partial charge in [0.25, 0.3) is 5.91 Å². The number of pyridine rings is 1. The predicted molar refractivity (Wildman–Crippen MR) is 207 cm³/mol. The number of nitrogens with one attached hydrogen (secondary N) is 1. The topological polar surface area (TPSA) is 175 Å². The summed E-state index contributed by atoms with van der Waals surface area (Å²) < 4.78 is 95.0. The fourth-order valence-corrected chi connectivity index (χ4v) is 10.2. The minimum atomic E-state index is -5.00. The van der Waals surface area contributed by atoms with Crippen molar-refractivity contribution in [3.05, 3.63) is 72.4 Å². The van der Waals surface area contributed by atoms with Crippen molar-refractivity contribution in [1.82, 2.24) is 20.4 Å². The molecule has 5 atom stereocenters. The number of benzene rings is 2. The monoisotopic (exact) mass is 854 g/mol. The molecule has 4 aromatic rings. The molecule has 18 heteroatoms. The Morgan fingerprint density at radius 3 is 2.55 bits per heavy atom. The molecule has 2 saturated carbocycles. The second-order valence-corrected chi connectivity index (χ2v) is 19.0. The highest BCUT2D eigenvalue weighted by Gasteiger charge is 2.62. The summed E-state index contributed by atoms with van der Waals surface area (Å²) in [6.45, 7) is 1.40. The molecule has 1 saturated heterocycles. The van der Waals surface area contributed by atoms with Gasteiger partial charge in [-0.25, -0.2) is 17.8 Å². The van der Waals surface area contributed by atoms with Gasteiger partial charge in [0.1, 0.15) is 35.7 Å². The third kappa shape index (κ3) is 8.34. The van der Waals surface area contributed by atoms with Crippen molar-refractivity contribution in [2.45, 2.75) is 100 Å². The summed E-state index contributed by atoms with van der Waals surface area (Å²) in [6, 6.07) is 6.22. The molecule has 4 heterocycles. The van der Waals surface area contributed by atoms with Gasteiger partial charge in [-0.15, -0.1) is 13.2 Å². The number of amides is 2. The van der Waals surface area contributed by atoms with Gasteiger partial charge in [0.15, 0.2) is 27.1 Å². The number of alkyl halides is 3. The lowest BCUT2D eigenvalue weighted by atomic mass is 9.88. The highest BCUT2D eigenvalue weighted by molar-refractivity contribution is 7.93. The third-order valence-electron chi connectivity index (χ3n) is 12.3. The number of rotatable bonds is 9. The number of ether oxygens (including phenoxy) is 2. The third-order valence-corrected chi connectivity index (χ3v) is 14.9. The molecular weight excluding hydrogens is 813 g/mol. The lowest BCUT2D eigenvalue weighted by Gasteiger charge is -2.29. The molecule has 0 unspecified atom stereocenters. The first-order chi connectivity index (χ1) is 28.4. The average molecular weight is 855 g/mol. The molecule has 2 aromatic heterocycles. The standard InChI is InChI=1S/C42H42F4N4O9S/c1-40(14-15-40)60(55,56)23-36(52)41-20-24(41)7-5-3-2-4-6-8-32(47-37(53)31-13-16-57-49-31)39(54)50-22-27(19-34(50)35(51)21-41)58-38-29-11-9-25(43)17-30(29)28-12-10-26(18-33(28)48-38)59-42(44,45)46/h5,7,9-13,16-18,24,27,32,34H,2-4,6,8,14-15,19-23H2,1H3,(H,47,53)/b7-5-/t24-,27-,32+,34+,41-/m1/s1. The van der Waals surface area contributed by atoms with Crippen molar-refractivity contribution < 1.29 is 59.2 Å². The van der Waals surface area contributed by atoms with Crippen molar-refractivity contribution in [2.24, 2.45) is 11.3 Å². The molecule has 2 amide bonds. The Morgan fingerprint density at radius 1 is 1.03 bits per heavy atom. The van der Waals surface area contributed by atoms with E-state index in [-0.39, 0.29) is 60.6 Å². The Bertz CT molecular complexity index is 2510. The molecular formula is C42H42F4N4O9S. The fourth-order valence-electron chi connectivity index (χ4n) is 8.49. The zero-order valence-corrected chi connectivity index (χ0v) is 33.3. The highest BCUT2D eigenvalue weighted by atomic mass is 32.2.